The second-order valence-electron chi connectivity index (χ2n) is 7.62. The number of nitrogens with zero attached hydrogens (tertiary/aromatic N) is 2. The molecule has 9 nitrogen and oxygen atoms in total. The maximum atomic E-state index is 13.5. The van der Waals surface area contributed by atoms with E-state index < -0.39 is 54.9 Å². The number of nitrogens with two attached hydrogens (primary N) is 1. The van der Waals surface area contributed by atoms with Crippen molar-refractivity contribution in [2.45, 2.75) is 11.1 Å². The van der Waals surface area contributed by atoms with Crippen LogP contribution in [0.3, 0.4) is 0 Å². The van der Waals surface area contributed by atoms with Crippen LogP contribution in [-0.2, 0) is 16.2 Å². The van der Waals surface area contributed by atoms with Crippen molar-refractivity contribution >= 4 is 56.4 Å². The first-order valence-electron chi connectivity index (χ1n) is 10.2. The molecule has 4 rings (SSSR count). The standard InChI is InChI=1S/C22H15Cl2F3N4O5S/c23-11-8-16(30-37(34,35)12-4-5-15(24)14(9-12)22(25,26)27)18(29-10-11)19(32)13-2-1-3-17-20(13)36-7-6-31(17)21(28)33/h1-5,8-10,30H,6-7H2,(H2,28,33). The third-order valence-corrected chi connectivity index (χ3v) is 7.12. The average Bonchev–Trinajstić information content (AvgIpc) is 2.82. The highest BCUT2D eigenvalue weighted by Gasteiger charge is 2.35. The minimum Gasteiger partial charge on any atom is -0.489 e. The molecule has 2 amide bonds. The molecule has 0 bridgehead atoms. The van der Waals surface area contributed by atoms with Crippen molar-refractivity contribution < 1.29 is 35.9 Å². The summed E-state index contributed by atoms with van der Waals surface area (Å²) >= 11 is 11.5. The van der Waals surface area contributed by atoms with Gasteiger partial charge in [-0.15, -0.1) is 0 Å². The van der Waals surface area contributed by atoms with E-state index in [9.17, 15) is 31.2 Å². The summed E-state index contributed by atoms with van der Waals surface area (Å²) in [5, 5.41) is -0.752. The van der Waals surface area contributed by atoms with E-state index in [4.69, 9.17) is 33.7 Å². The van der Waals surface area contributed by atoms with Gasteiger partial charge in [-0.3, -0.25) is 14.4 Å². The molecule has 0 saturated carbocycles. The third-order valence-electron chi connectivity index (χ3n) is 5.22. The van der Waals surface area contributed by atoms with E-state index in [1.54, 1.807) is 0 Å². The summed E-state index contributed by atoms with van der Waals surface area (Å²) in [5.74, 6) is -0.791. The molecule has 3 N–H and O–H groups in total. The summed E-state index contributed by atoms with van der Waals surface area (Å²) in [6, 6.07) is 6.67. The van der Waals surface area contributed by atoms with E-state index in [0.29, 0.717) is 6.07 Å². The van der Waals surface area contributed by atoms with Crippen LogP contribution in [0.1, 0.15) is 21.6 Å². The molecule has 0 fully saturated rings. The summed E-state index contributed by atoms with van der Waals surface area (Å²) < 4.78 is 73.4. The average molecular weight is 575 g/mol. The van der Waals surface area contributed by atoms with Crippen LogP contribution >= 0.6 is 23.2 Å². The number of benzene rings is 2. The Morgan fingerprint density at radius 1 is 1.14 bits per heavy atom. The number of ether oxygens (including phenoxy) is 1. The van der Waals surface area contributed by atoms with Crippen LogP contribution in [0, 0.1) is 0 Å². The Balaban J connectivity index is 1.76. The van der Waals surface area contributed by atoms with Crippen LogP contribution in [0.15, 0.2) is 53.6 Å². The molecule has 1 aliphatic heterocycles. The van der Waals surface area contributed by atoms with Gasteiger partial charge in [0.25, 0.3) is 10.0 Å². The Morgan fingerprint density at radius 2 is 1.86 bits per heavy atom. The quantitative estimate of drug-likeness (QED) is 0.424. The number of alkyl halides is 3. The number of nitrogens with one attached hydrogen (secondary N) is 1. The number of sulfonamides is 1. The van der Waals surface area contributed by atoms with Gasteiger partial charge in [0.15, 0.2) is 5.75 Å². The van der Waals surface area contributed by atoms with Crippen LogP contribution in [0.4, 0.5) is 29.3 Å². The van der Waals surface area contributed by atoms with Gasteiger partial charge < -0.3 is 10.5 Å². The number of pyridine rings is 1. The number of hydrogen-bond donors (Lipinski definition) is 2. The third kappa shape index (κ3) is 5.29. The maximum absolute atomic E-state index is 13.5. The van der Waals surface area contributed by atoms with Crippen LogP contribution < -0.4 is 20.1 Å². The predicted octanol–water partition coefficient (Wildman–Crippen LogP) is 4.72. The summed E-state index contributed by atoms with van der Waals surface area (Å²) in [6.07, 6.45) is -3.82. The minimum atomic E-state index is -4.91. The lowest BCUT2D eigenvalue weighted by Crippen LogP contribution is -2.41. The lowest BCUT2D eigenvalue weighted by molar-refractivity contribution is -0.137. The van der Waals surface area contributed by atoms with Gasteiger partial charge in [-0.05, 0) is 36.4 Å². The van der Waals surface area contributed by atoms with Crippen molar-refractivity contribution in [3.05, 3.63) is 75.5 Å². The predicted molar refractivity (Wildman–Crippen MR) is 129 cm³/mol. The van der Waals surface area contributed by atoms with Gasteiger partial charge in [-0.1, -0.05) is 29.3 Å². The number of aromatic nitrogens is 1. The number of halogens is 5. The summed E-state index contributed by atoms with van der Waals surface area (Å²) in [6.45, 7) is 0.178. The number of hydrogen-bond acceptors (Lipinski definition) is 6. The molecule has 2 heterocycles. The van der Waals surface area contributed by atoms with Gasteiger partial charge in [0, 0.05) is 6.20 Å². The SMILES string of the molecule is NC(=O)N1CCOc2c(C(=O)c3ncc(Cl)cc3NS(=O)(=O)c3ccc(Cl)c(C(F)(F)F)c3)cccc21. The van der Waals surface area contributed by atoms with Crippen LogP contribution in [-0.4, -0.2) is 38.4 Å². The molecule has 1 aliphatic rings. The summed E-state index contributed by atoms with van der Waals surface area (Å²) in [5.41, 5.74) is 3.37. The Kier molecular flexibility index (Phi) is 6.97. The monoisotopic (exact) mass is 574 g/mol. The van der Waals surface area contributed by atoms with Crippen molar-refractivity contribution in [1.29, 1.82) is 0 Å². The second-order valence-corrected chi connectivity index (χ2v) is 10.1. The van der Waals surface area contributed by atoms with Gasteiger partial charge in [0.05, 0.1) is 44.0 Å². The number of rotatable bonds is 5. The minimum absolute atomic E-state index is 0.0237. The number of urea groups is 1. The summed E-state index contributed by atoms with van der Waals surface area (Å²) in [4.78, 5) is 29.6. The highest BCUT2D eigenvalue weighted by atomic mass is 35.5. The molecule has 1 aromatic heterocycles. The van der Waals surface area contributed by atoms with Crippen LogP contribution in [0.25, 0.3) is 0 Å². The zero-order valence-corrected chi connectivity index (χ0v) is 20.7. The van der Waals surface area contributed by atoms with E-state index in [1.165, 1.54) is 23.1 Å². The first kappa shape index (κ1) is 26.5. The van der Waals surface area contributed by atoms with Gasteiger partial charge in [-0.25, -0.2) is 18.2 Å². The van der Waals surface area contributed by atoms with Crippen molar-refractivity contribution in [3.63, 3.8) is 0 Å². The number of fused-ring (bicyclic) bond motifs is 1. The van der Waals surface area contributed by atoms with Crippen LogP contribution in [0.2, 0.25) is 10.0 Å². The Hall–Kier alpha value is -3.55. The van der Waals surface area contributed by atoms with E-state index in [0.717, 1.165) is 24.4 Å². The van der Waals surface area contributed by atoms with E-state index in [1.807, 2.05) is 0 Å². The second kappa shape index (κ2) is 9.72. The molecule has 15 heteroatoms. The highest BCUT2D eigenvalue weighted by molar-refractivity contribution is 7.92. The molecule has 194 valence electrons. The Bertz CT molecular complexity index is 1530. The van der Waals surface area contributed by atoms with E-state index >= 15 is 0 Å². The Morgan fingerprint density at radius 3 is 2.54 bits per heavy atom. The number of carbonyl (C=O) groups is 2. The fourth-order valence-corrected chi connectivity index (χ4v) is 5.04. The van der Waals surface area contributed by atoms with Gasteiger partial charge in [0.1, 0.15) is 12.3 Å². The number of ketones is 1. The van der Waals surface area contributed by atoms with Crippen molar-refractivity contribution in [1.82, 2.24) is 4.98 Å². The molecule has 0 spiro atoms. The smallest absolute Gasteiger partial charge is 0.417 e. The lowest BCUT2D eigenvalue weighted by Gasteiger charge is -2.29. The molecule has 0 saturated heterocycles. The highest BCUT2D eigenvalue weighted by Crippen LogP contribution is 2.38. The number of primary amides is 1. The fraction of sp³-hybridized carbons (Fsp3) is 0.136. The van der Waals surface area contributed by atoms with E-state index in [2.05, 4.69) is 9.71 Å². The first-order valence-corrected chi connectivity index (χ1v) is 12.5. The largest absolute Gasteiger partial charge is 0.489 e. The molecule has 0 atom stereocenters. The number of amides is 2. The first-order chi connectivity index (χ1) is 17.3. The van der Waals surface area contributed by atoms with Crippen molar-refractivity contribution in [3.8, 4) is 5.75 Å². The zero-order valence-electron chi connectivity index (χ0n) is 18.3. The van der Waals surface area contributed by atoms with E-state index in [-0.39, 0.29) is 35.2 Å². The molecule has 0 aliphatic carbocycles. The molecule has 0 unspecified atom stereocenters. The molecule has 0 radical (unpaired) electrons. The molecule has 2 aromatic carbocycles. The Labute approximate surface area is 218 Å². The molecular weight excluding hydrogens is 560 g/mol. The molecule has 3 aromatic rings. The van der Waals surface area contributed by atoms with Gasteiger partial charge in [-0.2, -0.15) is 13.2 Å². The van der Waals surface area contributed by atoms with Gasteiger partial charge in [0.2, 0.25) is 5.78 Å². The topological polar surface area (TPSA) is 132 Å². The number of anilines is 2. The number of carbonyl (C=O) groups excluding carboxylic acids is 2. The maximum Gasteiger partial charge on any atom is 0.417 e. The normalized spacial score (nSPS) is 13.5. The molecule has 37 heavy (non-hydrogen) atoms. The fourth-order valence-electron chi connectivity index (χ4n) is 3.57. The van der Waals surface area contributed by atoms with Crippen LogP contribution in [0.5, 0.6) is 5.75 Å². The van der Waals surface area contributed by atoms with Crippen molar-refractivity contribution in [2.24, 2.45) is 5.73 Å². The lowest BCUT2D eigenvalue weighted by atomic mass is 10.0. The number of para-hydroxylation sites is 1. The summed E-state index contributed by atoms with van der Waals surface area (Å²) in [7, 11) is -4.67. The van der Waals surface area contributed by atoms with Crippen molar-refractivity contribution in [2.75, 3.05) is 22.8 Å². The van der Waals surface area contributed by atoms with Gasteiger partial charge >= 0.3 is 12.2 Å². The zero-order chi connectivity index (χ0) is 27.1. The molecular formula is C22H15Cl2F3N4O5S.